The number of amides is 1. The van der Waals surface area contributed by atoms with E-state index in [2.05, 4.69) is 18.1 Å². The number of carboxylic acid groups (broad SMARTS) is 1. The van der Waals surface area contributed by atoms with Crippen LogP contribution in [-0.2, 0) is 9.53 Å². The van der Waals surface area contributed by atoms with Crippen LogP contribution in [0, 0.1) is 17.8 Å². The van der Waals surface area contributed by atoms with E-state index in [1.807, 2.05) is 0 Å². The Balaban J connectivity index is 0.00000139. The average Bonchev–Trinajstić information content (AvgIpc) is 2.62. The van der Waals surface area contributed by atoms with Crippen molar-refractivity contribution < 1.29 is 23.8 Å². The van der Waals surface area contributed by atoms with Crippen molar-refractivity contribution in [3.63, 3.8) is 0 Å². The highest BCUT2D eigenvalue weighted by Crippen LogP contribution is 2.31. The minimum atomic E-state index is -1.21. The van der Waals surface area contributed by atoms with Crippen molar-refractivity contribution in [3.05, 3.63) is 37.4 Å². The number of nitrogens with zero attached hydrogens (tertiary/aromatic N) is 2. The minimum Gasteiger partial charge on any atom is -0.469 e. The Hall–Kier alpha value is -2.44. The van der Waals surface area contributed by atoms with Gasteiger partial charge in [-0.1, -0.05) is 0 Å². The molecule has 0 radical (unpaired) electrons. The van der Waals surface area contributed by atoms with Crippen LogP contribution in [0.25, 0.3) is 0 Å². The highest BCUT2D eigenvalue weighted by Gasteiger charge is 2.30. The first-order chi connectivity index (χ1) is 11.5. The van der Waals surface area contributed by atoms with E-state index >= 15 is 0 Å². The van der Waals surface area contributed by atoms with Crippen LogP contribution in [0.1, 0.15) is 25.7 Å². The van der Waals surface area contributed by atoms with Gasteiger partial charge in [-0.2, -0.15) is 4.39 Å². The molecule has 6 nitrogen and oxygen atoms in total. The van der Waals surface area contributed by atoms with Crippen LogP contribution in [0.2, 0.25) is 0 Å². The molecule has 1 heterocycles. The minimum absolute atomic E-state index is 0.0370. The molecule has 1 amide bonds. The maximum atomic E-state index is 13.7. The van der Waals surface area contributed by atoms with Crippen molar-refractivity contribution in [3.8, 4) is 0 Å². The monoisotopic (exact) mass is 338 g/mol. The summed E-state index contributed by atoms with van der Waals surface area (Å²) in [5.74, 6) is -1.04. The molecule has 132 valence electrons. The molecule has 0 unspecified atom stereocenters. The third kappa shape index (κ3) is 5.04. The number of carbonyl (C=O) groups excluding carboxylic acids is 1. The summed E-state index contributed by atoms with van der Waals surface area (Å²) in [5, 5.41) is 9.32. The van der Waals surface area contributed by atoms with Crippen LogP contribution < -0.4 is 4.90 Å². The molecule has 1 aliphatic rings. The van der Waals surface area contributed by atoms with E-state index in [9.17, 15) is 19.1 Å². The normalized spacial score (nSPS) is 19.6. The Labute approximate surface area is 140 Å². The quantitative estimate of drug-likeness (QED) is 0.516. The number of pyridine rings is 1. The zero-order valence-corrected chi connectivity index (χ0v) is 13.8. The number of carbonyl (C=O) groups is 2. The van der Waals surface area contributed by atoms with Gasteiger partial charge in [-0.3, -0.25) is 9.69 Å². The third-order valence-corrected chi connectivity index (χ3v) is 4.08. The first-order valence-electron chi connectivity index (χ1n) is 7.71. The second kappa shape index (κ2) is 9.64. The summed E-state index contributed by atoms with van der Waals surface area (Å²) in [5.41, 5.74) is -0.0370. The van der Waals surface area contributed by atoms with Gasteiger partial charge in [0.05, 0.1) is 13.0 Å². The first-order valence-corrected chi connectivity index (χ1v) is 7.71. The number of rotatable bonds is 4. The van der Waals surface area contributed by atoms with Gasteiger partial charge in [-0.15, -0.1) is 13.2 Å². The van der Waals surface area contributed by atoms with E-state index in [0.29, 0.717) is 25.7 Å². The lowest BCUT2D eigenvalue weighted by Crippen LogP contribution is -2.37. The van der Waals surface area contributed by atoms with Crippen molar-refractivity contribution in [1.29, 1.82) is 0 Å². The lowest BCUT2D eigenvalue weighted by Gasteiger charge is -2.30. The summed E-state index contributed by atoms with van der Waals surface area (Å²) in [6, 6.07) is 2.90. The van der Waals surface area contributed by atoms with E-state index in [-0.39, 0.29) is 30.0 Å². The molecule has 7 heteroatoms. The molecule has 1 saturated carbocycles. The molecule has 2 rings (SSSR count). The Morgan fingerprint density at radius 1 is 1.38 bits per heavy atom. The second-order valence-electron chi connectivity index (χ2n) is 5.45. The number of halogens is 1. The predicted octanol–water partition coefficient (Wildman–Crippen LogP) is 3.49. The molecule has 0 aliphatic heterocycles. The van der Waals surface area contributed by atoms with Crippen molar-refractivity contribution in [1.82, 2.24) is 4.98 Å². The van der Waals surface area contributed by atoms with Gasteiger partial charge in [0.1, 0.15) is 5.69 Å². The van der Waals surface area contributed by atoms with Crippen LogP contribution in [0.4, 0.5) is 14.9 Å². The van der Waals surface area contributed by atoms with Gasteiger partial charge in [-0.05, 0) is 43.7 Å². The van der Waals surface area contributed by atoms with Gasteiger partial charge in [0.15, 0.2) is 0 Å². The zero-order chi connectivity index (χ0) is 18.1. The van der Waals surface area contributed by atoms with Crippen molar-refractivity contribution >= 4 is 17.7 Å². The fourth-order valence-electron chi connectivity index (χ4n) is 2.86. The molecule has 1 aromatic heterocycles. The number of hydrogen-bond donors (Lipinski definition) is 1. The van der Waals surface area contributed by atoms with E-state index in [1.165, 1.54) is 25.4 Å². The summed E-state index contributed by atoms with van der Waals surface area (Å²) < 4.78 is 18.4. The highest BCUT2D eigenvalue weighted by molar-refractivity contribution is 5.85. The van der Waals surface area contributed by atoms with E-state index in [4.69, 9.17) is 4.74 Å². The summed E-state index contributed by atoms with van der Waals surface area (Å²) in [7, 11) is 1.37. The standard InChI is InChI=1S/C15H19FN2O4.C2H4/c1-22-14(19)11-6-4-10(5-7-11)9-18(15(20)21)12-3-2-8-17-13(12)16;1-2/h2-3,8,10-11H,4-7,9H2,1H3,(H,20,21);1-2H2. The zero-order valence-electron chi connectivity index (χ0n) is 13.8. The molecule has 1 fully saturated rings. The summed E-state index contributed by atoms with van der Waals surface area (Å²) >= 11 is 0. The molecule has 1 aromatic rings. The van der Waals surface area contributed by atoms with Crippen molar-refractivity contribution in [2.45, 2.75) is 25.7 Å². The molecule has 0 aromatic carbocycles. The Kier molecular flexibility index (Phi) is 7.88. The molecule has 0 atom stereocenters. The van der Waals surface area contributed by atoms with Gasteiger partial charge in [0, 0.05) is 12.7 Å². The molecule has 0 bridgehead atoms. The van der Waals surface area contributed by atoms with Crippen molar-refractivity contribution in [2.75, 3.05) is 18.6 Å². The topological polar surface area (TPSA) is 79.7 Å². The first kappa shape index (κ1) is 19.6. The van der Waals surface area contributed by atoms with Crippen LogP contribution in [-0.4, -0.2) is 35.8 Å². The van der Waals surface area contributed by atoms with Gasteiger partial charge in [0.2, 0.25) is 5.95 Å². The maximum Gasteiger partial charge on any atom is 0.411 e. The molecule has 1 aliphatic carbocycles. The van der Waals surface area contributed by atoms with Gasteiger partial charge in [0.25, 0.3) is 0 Å². The largest absolute Gasteiger partial charge is 0.469 e. The molecule has 1 N–H and O–H groups in total. The molecule has 0 saturated heterocycles. The number of anilines is 1. The smallest absolute Gasteiger partial charge is 0.411 e. The number of hydrogen-bond acceptors (Lipinski definition) is 4. The predicted molar refractivity (Wildman–Crippen MR) is 88.3 cm³/mol. The Morgan fingerprint density at radius 3 is 2.50 bits per heavy atom. The van der Waals surface area contributed by atoms with E-state index < -0.39 is 12.0 Å². The van der Waals surface area contributed by atoms with Gasteiger partial charge < -0.3 is 9.84 Å². The number of aromatic nitrogens is 1. The molecule has 0 spiro atoms. The fourth-order valence-corrected chi connectivity index (χ4v) is 2.86. The summed E-state index contributed by atoms with van der Waals surface area (Å²) in [4.78, 5) is 27.4. The van der Waals surface area contributed by atoms with Crippen LogP contribution >= 0.6 is 0 Å². The lowest BCUT2D eigenvalue weighted by atomic mass is 9.82. The second-order valence-corrected chi connectivity index (χ2v) is 5.45. The molecule has 24 heavy (non-hydrogen) atoms. The Bertz CT molecular complexity index is 559. The summed E-state index contributed by atoms with van der Waals surface area (Å²) in [6.07, 6.45) is 2.83. The van der Waals surface area contributed by atoms with E-state index in [1.54, 1.807) is 0 Å². The maximum absolute atomic E-state index is 13.7. The number of ether oxygens (including phenoxy) is 1. The average molecular weight is 338 g/mol. The molecular weight excluding hydrogens is 315 g/mol. The number of methoxy groups -OCH3 is 1. The van der Waals surface area contributed by atoms with Gasteiger partial charge in [-0.25, -0.2) is 9.78 Å². The third-order valence-electron chi connectivity index (χ3n) is 4.08. The van der Waals surface area contributed by atoms with Crippen molar-refractivity contribution in [2.24, 2.45) is 11.8 Å². The van der Waals surface area contributed by atoms with Crippen LogP contribution in [0.3, 0.4) is 0 Å². The Morgan fingerprint density at radius 2 is 2.00 bits per heavy atom. The van der Waals surface area contributed by atoms with Crippen LogP contribution in [0.15, 0.2) is 31.5 Å². The highest BCUT2D eigenvalue weighted by atomic mass is 19.1. The summed E-state index contributed by atoms with van der Waals surface area (Å²) in [6.45, 7) is 6.20. The fraction of sp³-hybridized carbons (Fsp3) is 0.471. The lowest BCUT2D eigenvalue weighted by molar-refractivity contribution is -0.146. The van der Waals surface area contributed by atoms with E-state index in [0.717, 1.165) is 4.90 Å². The van der Waals surface area contributed by atoms with Crippen LogP contribution in [0.5, 0.6) is 0 Å². The molecular formula is C17H23FN2O4. The SMILES string of the molecule is C=C.COC(=O)C1CCC(CN(C(=O)O)c2cccnc2F)CC1. The van der Waals surface area contributed by atoms with Gasteiger partial charge >= 0.3 is 12.1 Å². The number of esters is 1.